The molecule has 0 fully saturated rings. The number of para-hydroxylation sites is 1. The van der Waals surface area contributed by atoms with Gasteiger partial charge in [-0.3, -0.25) is 4.79 Å². The molecule has 3 heteroatoms. The minimum Gasteiger partial charge on any atom is -0.497 e. The first-order valence-corrected chi connectivity index (χ1v) is 6.91. The Kier molecular flexibility index (Phi) is 3.73. The number of methoxy groups -OCH3 is 1. The number of carbonyl (C=O) groups is 1. The zero-order valence-electron chi connectivity index (χ0n) is 11.8. The van der Waals surface area contributed by atoms with Crippen molar-refractivity contribution in [1.29, 1.82) is 0 Å². The summed E-state index contributed by atoms with van der Waals surface area (Å²) in [6.07, 6.45) is 1.13. The van der Waals surface area contributed by atoms with Gasteiger partial charge in [0.05, 0.1) is 7.11 Å². The van der Waals surface area contributed by atoms with Crippen LogP contribution in [0.4, 0.5) is 0 Å². The summed E-state index contributed by atoms with van der Waals surface area (Å²) >= 11 is 0. The number of aryl methyl sites for hydroxylation is 1. The largest absolute Gasteiger partial charge is 0.497 e. The number of ether oxygens (including phenoxy) is 1. The van der Waals surface area contributed by atoms with Crippen molar-refractivity contribution >= 4 is 16.8 Å². The zero-order valence-corrected chi connectivity index (χ0v) is 11.8. The Morgan fingerprint density at radius 3 is 2.57 bits per heavy atom. The smallest absolute Gasteiger partial charge is 0.198 e. The van der Waals surface area contributed by atoms with E-state index in [0.29, 0.717) is 18.6 Å². The van der Waals surface area contributed by atoms with Crippen LogP contribution < -0.4 is 4.74 Å². The molecule has 0 spiro atoms. The Morgan fingerprint density at radius 1 is 1.10 bits per heavy atom. The lowest BCUT2D eigenvalue weighted by molar-refractivity contribution is 0.0958. The van der Waals surface area contributed by atoms with Crippen molar-refractivity contribution in [2.24, 2.45) is 0 Å². The van der Waals surface area contributed by atoms with Gasteiger partial charge in [0.25, 0.3) is 0 Å². The second kappa shape index (κ2) is 5.83. The first-order valence-electron chi connectivity index (χ1n) is 6.91. The summed E-state index contributed by atoms with van der Waals surface area (Å²) in [6, 6.07) is 17.2. The molecule has 1 heterocycles. The van der Waals surface area contributed by atoms with Gasteiger partial charge in [0, 0.05) is 11.8 Å². The first-order chi connectivity index (χ1) is 10.3. The lowest BCUT2D eigenvalue weighted by atomic mass is 10.1. The van der Waals surface area contributed by atoms with Crippen molar-refractivity contribution < 1.29 is 13.9 Å². The minimum absolute atomic E-state index is 0.0296. The molecule has 0 aliphatic rings. The van der Waals surface area contributed by atoms with E-state index in [9.17, 15) is 4.79 Å². The SMILES string of the molecule is COc1ccc(CCC(=O)c2cc3ccccc3o2)cc1. The van der Waals surface area contributed by atoms with Gasteiger partial charge in [0.1, 0.15) is 11.3 Å². The van der Waals surface area contributed by atoms with Crippen LogP contribution >= 0.6 is 0 Å². The van der Waals surface area contributed by atoms with Crippen LogP contribution in [0.3, 0.4) is 0 Å². The van der Waals surface area contributed by atoms with E-state index >= 15 is 0 Å². The molecule has 0 saturated carbocycles. The van der Waals surface area contributed by atoms with Crippen molar-refractivity contribution in [3.63, 3.8) is 0 Å². The molecule has 0 atom stereocenters. The van der Waals surface area contributed by atoms with E-state index in [1.807, 2.05) is 54.6 Å². The average molecular weight is 280 g/mol. The van der Waals surface area contributed by atoms with Crippen LogP contribution in [0.5, 0.6) is 5.75 Å². The fourth-order valence-electron chi connectivity index (χ4n) is 2.29. The number of furan rings is 1. The van der Waals surface area contributed by atoms with Crippen molar-refractivity contribution in [2.45, 2.75) is 12.8 Å². The Bertz CT molecular complexity index is 720. The van der Waals surface area contributed by atoms with E-state index in [0.717, 1.165) is 22.3 Å². The van der Waals surface area contributed by atoms with Crippen molar-refractivity contribution in [3.8, 4) is 5.75 Å². The van der Waals surface area contributed by atoms with E-state index < -0.39 is 0 Å². The number of hydrogen-bond donors (Lipinski definition) is 0. The third-order valence-corrected chi connectivity index (χ3v) is 3.50. The number of fused-ring (bicyclic) bond motifs is 1. The van der Waals surface area contributed by atoms with Crippen LogP contribution in [-0.4, -0.2) is 12.9 Å². The van der Waals surface area contributed by atoms with Gasteiger partial charge in [-0.25, -0.2) is 0 Å². The summed E-state index contributed by atoms with van der Waals surface area (Å²) < 4.78 is 10.7. The fourth-order valence-corrected chi connectivity index (χ4v) is 2.29. The third-order valence-electron chi connectivity index (χ3n) is 3.50. The first kappa shape index (κ1) is 13.4. The Hall–Kier alpha value is -2.55. The number of Topliss-reactive ketones (excluding diaryl/α,β-unsaturated/α-hetero) is 1. The Morgan fingerprint density at radius 2 is 1.86 bits per heavy atom. The van der Waals surface area contributed by atoms with E-state index in [2.05, 4.69) is 0 Å². The summed E-state index contributed by atoms with van der Waals surface area (Å²) in [5.74, 6) is 1.29. The average Bonchev–Trinajstić information content (AvgIpc) is 2.97. The molecule has 0 bridgehead atoms. The van der Waals surface area contributed by atoms with Gasteiger partial charge >= 0.3 is 0 Å². The van der Waals surface area contributed by atoms with Gasteiger partial charge in [-0.1, -0.05) is 30.3 Å². The molecule has 106 valence electrons. The molecule has 0 N–H and O–H groups in total. The third kappa shape index (κ3) is 2.97. The molecule has 0 amide bonds. The fraction of sp³-hybridized carbons (Fsp3) is 0.167. The summed E-state index contributed by atoms with van der Waals surface area (Å²) in [4.78, 5) is 12.2. The van der Waals surface area contributed by atoms with Crippen LogP contribution in [0.2, 0.25) is 0 Å². The molecule has 1 aromatic heterocycles. The van der Waals surface area contributed by atoms with Crippen molar-refractivity contribution in [2.75, 3.05) is 7.11 Å². The lowest BCUT2D eigenvalue weighted by Crippen LogP contribution is -1.99. The van der Waals surface area contributed by atoms with E-state index in [-0.39, 0.29) is 5.78 Å². The number of ketones is 1. The predicted octanol–water partition coefficient (Wildman–Crippen LogP) is 4.26. The van der Waals surface area contributed by atoms with Crippen molar-refractivity contribution in [1.82, 2.24) is 0 Å². The minimum atomic E-state index is 0.0296. The topological polar surface area (TPSA) is 39.4 Å². The highest BCUT2D eigenvalue weighted by Crippen LogP contribution is 2.20. The highest BCUT2D eigenvalue weighted by molar-refractivity contribution is 5.97. The van der Waals surface area contributed by atoms with E-state index in [4.69, 9.17) is 9.15 Å². The highest BCUT2D eigenvalue weighted by Gasteiger charge is 2.12. The van der Waals surface area contributed by atoms with Gasteiger partial charge in [-0.05, 0) is 36.2 Å². The standard InChI is InChI=1S/C18H16O3/c1-20-15-9-6-13(7-10-15)8-11-16(19)18-12-14-4-2-3-5-17(14)21-18/h2-7,9-10,12H,8,11H2,1H3. The Balaban J connectivity index is 1.68. The van der Waals surface area contributed by atoms with Gasteiger partial charge in [-0.15, -0.1) is 0 Å². The molecule has 0 aliphatic heterocycles. The predicted molar refractivity (Wildman–Crippen MR) is 81.9 cm³/mol. The van der Waals surface area contributed by atoms with Gasteiger partial charge in [0.2, 0.25) is 0 Å². The number of hydrogen-bond acceptors (Lipinski definition) is 3. The molecule has 0 unspecified atom stereocenters. The van der Waals surface area contributed by atoms with E-state index in [1.165, 1.54) is 0 Å². The molecule has 3 rings (SSSR count). The zero-order chi connectivity index (χ0) is 14.7. The normalized spacial score (nSPS) is 10.7. The number of rotatable bonds is 5. The summed E-state index contributed by atoms with van der Waals surface area (Å²) in [7, 11) is 1.64. The second-order valence-electron chi connectivity index (χ2n) is 4.92. The molecule has 2 aromatic carbocycles. The summed E-state index contributed by atoms with van der Waals surface area (Å²) in [6.45, 7) is 0. The number of benzene rings is 2. The molecule has 0 saturated heterocycles. The van der Waals surface area contributed by atoms with Crippen LogP contribution in [0.25, 0.3) is 11.0 Å². The molecule has 0 radical (unpaired) electrons. The lowest BCUT2D eigenvalue weighted by Gasteiger charge is -2.02. The quantitative estimate of drug-likeness (QED) is 0.656. The second-order valence-corrected chi connectivity index (χ2v) is 4.92. The van der Waals surface area contributed by atoms with Gasteiger partial charge in [-0.2, -0.15) is 0 Å². The molecular weight excluding hydrogens is 264 g/mol. The maximum atomic E-state index is 12.2. The van der Waals surface area contributed by atoms with E-state index in [1.54, 1.807) is 7.11 Å². The van der Waals surface area contributed by atoms with Gasteiger partial charge < -0.3 is 9.15 Å². The van der Waals surface area contributed by atoms with Crippen LogP contribution in [0.1, 0.15) is 22.5 Å². The van der Waals surface area contributed by atoms with Gasteiger partial charge in [0.15, 0.2) is 11.5 Å². The molecule has 21 heavy (non-hydrogen) atoms. The number of carbonyl (C=O) groups excluding carboxylic acids is 1. The molecule has 0 aliphatic carbocycles. The van der Waals surface area contributed by atoms with Crippen LogP contribution in [0, 0.1) is 0 Å². The van der Waals surface area contributed by atoms with Crippen molar-refractivity contribution in [3.05, 3.63) is 65.9 Å². The maximum absolute atomic E-state index is 12.2. The van der Waals surface area contributed by atoms with Crippen LogP contribution in [-0.2, 0) is 6.42 Å². The van der Waals surface area contributed by atoms with Crippen LogP contribution in [0.15, 0.2) is 59.0 Å². The molecular formula is C18H16O3. The maximum Gasteiger partial charge on any atom is 0.198 e. The monoisotopic (exact) mass is 280 g/mol. The molecule has 3 nitrogen and oxygen atoms in total. The summed E-state index contributed by atoms with van der Waals surface area (Å²) in [5.41, 5.74) is 1.87. The molecule has 3 aromatic rings. The Labute approximate surface area is 123 Å². The summed E-state index contributed by atoms with van der Waals surface area (Å²) in [5, 5.41) is 0.963. The highest BCUT2D eigenvalue weighted by atomic mass is 16.5.